The monoisotopic (exact) mass is 529 g/mol. The first kappa shape index (κ1) is 25.4. The van der Waals surface area contributed by atoms with Crippen molar-refractivity contribution in [2.45, 2.75) is 38.5 Å². The molecule has 1 heterocycles. The van der Waals surface area contributed by atoms with Gasteiger partial charge in [0.25, 0.3) is 0 Å². The van der Waals surface area contributed by atoms with Crippen LogP contribution in [-0.4, -0.2) is 0 Å². The third kappa shape index (κ3) is 4.33. The van der Waals surface area contributed by atoms with Gasteiger partial charge in [0, 0.05) is 22.5 Å². The second kappa shape index (κ2) is 10.4. The van der Waals surface area contributed by atoms with E-state index < -0.39 is 0 Å². The van der Waals surface area contributed by atoms with Crippen molar-refractivity contribution in [1.82, 2.24) is 0 Å². The quantitative estimate of drug-likeness (QED) is 0.224. The molecule has 0 unspecified atom stereocenters. The summed E-state index contributed by atoms with van der Waals surface area (Å²) in [5, 5.41) is 0. The van der Waals surface area contributed by atoms with E-state index in [-0.39, 0.29) is 5.41 Å². The molecule has 41 heavy (non-hydrogen) atoms. The molecular weight excluding hydrogens is 494 g/mol. The van der Waals surface area contributed by atoms with Crippen LogP contribution in [0.3, 0.4) is 0 Å². The van der Waals surface area contributed by atoms with E-state index in [1.807, 2.05) is 0 Å². The first-order chi connectivity index (χ1) is 20.1. The molecule has 5 aromatic rings. The van der Waals surface area contributed by atoms with Gasteiger partial charge in [-0.05, 0) is 96.3 Å². The van der Waals surface area contributed by atoms with Crippen LogP contribution in [0.15, 0.2) is 145 Å². The van der Waals surface area contributed by atoms with Gasteiger partial charge < -0.3 is 4.90 Å². The van der Waals surface area contributed by atoms with Crippen molar-refractivity contribution in [2.75, 3.05) is 4.90 Å². The summed E-state index contributed by atoms with van der Waals surface area (Å²) in [5.41, 5.74) is 14.4. The summed E-state index contributed by atoms with van der Waals surface area (Å²) in [5.74, 6) is 0. The second-order valence-corrected chi connectivity index (χ2v) is 11.6. The number of nitrogens with zero attached hydrogens (tertiary/aromatic N) is 1. The van der Waals surface area contributed by atoms with Crippen molar-refractivity contribution < 1.29 is 0 Å². The highest BCUT2D eigenvalue weighted by atomic mass is 15.1. The molecule has 0 atom stereocenters. The molecule has 0 radical (unpaired) electrons. The average molecular weight is 530 g/mol. The Balaban J connectivity index is 1.52. The Labute approximate surface area is 244 Å². The molecule has 0 amide bonds. The molecule has 7 rings (SSSR count). The van der Waals surface area contributed by atoms with Gasteiger partial charge in [-0.1, -0.05) is 121 Å². The van der Waals surface area contributed by atoms with Crippen LogP contribution < -0.4 is 4.90 Å². The Morgan fingerprint density at radius 3 is 1.73 bits per heavy atom. The average Bonchev–Trinajstić information content (AvgIpc) is 3.25. The van der Waals surface area contributed by atoms with E-state index in [4.69, 9.17) is 0 Å². The smallest absolute Gasteiger partial charge is 0.0498 e. The van der Waals surface area contributed by atoms with Gasteiger partial charge in [-0.25, -0.2) is 0 Å². The Kier molecular flexibility index (Phi) is 6.44. The summed E-state index contributed by atoms with van der Waals surface area (Å²) >= 11 is 0. The SMILES string of the molecule is CC(C)=CC=C1CC(c2ccccc2)(c2ccccc2)c2cc(N3c4ccccc4CCc4ccccc43)ccc21. The fraction of sp³-hybridized carbons (Fsp3) is 0.150. The topological polar surface area (TPSA) is 3.24 Å². The van der Waals surface area contributed by atoms with Crippen molar-refractivity contribution in [3.8, 4) is 0 Å². The second-order valence-electron chi connectivity index (χ2n) is 11.6. The summed E-state index contributed by atoms with van der Waals surface area (Å²) in [7, 11) is 0. The summed E-state index contributed by atoms with van der Waals surface area (Å²) < 4.78 is 0. The highest BCUT2D eigenvalue weighted by molar-refractivity contribution is 5.87. The van der Waals surface area contributed by atoms with Crippen molar-refractivity contribution >= 4 is 22.6 Å². The molecule has 0 aromatic heterocycles. The number of allylic oxidation sites excluding steroid dienone is 4. The van der Waals surface area contributed by atoms with Crippen molar-refractivity contribution in [2.24, 2.45) is 0 Å². The summed E-state index contributed by atoms with van der Waals surface area (Å²) in [6, 6.07) is 47.3. The van der Waals surface area contributed by atoms with Gasteiger partial charge in [0.05, 0.1) is 0 Å². The Bertz CT molecular complexity index is 1680. The molecule has 1 aliphatic heterocycles. The lowest BCUT2D eigenvalue weighted by atomic mass is 9.70. The van der Waals surface area contributed by atoms with Crippen molar-refractivity contribution in [3.63, 3.8) is 0 Å². The Hall–Kier alpha value is -4.62. The highest BCUT2D eigenvalue weighted by Crippen LogP contribution is 2.55. The minimum absolute atomic E-state index is 0.278. The van der Waals surface area contributed by atoms with Crippen LogP contribution in [-0.2, 0) is 18.3 Å². The number of benzene rings is 5. The van der Waals surface area contributed by atoms with Crippen LogP contribution in [0.2, 0.25) is 0 Å². The van der Waals surface area contributed by atoms with Gasteiger partial charge in [-0.15, -0.1) is 0 Å². The number of aryl methyl sites for hydroxylation is 2. The van der Waals surface area contributed by atoms with Crippen molar-refractivity contribution in [1.29, 1.82) is 0 Å². The molecule has 1 nitrogen and oxygen atoms in total. The minimum atomic E-state index is -0.278. The van der Waals surface area contributed by atoms with E-state index in [9.17, 15) is 0 Å². The zero-order chi connectivity index (χ0) is 27.8. The standard InChI is InChI=1S/C40H35N/c1-29(2)21-22-32-28-40(33-15-5-3-6-16-33,34-17-7-4-8-18-34)37-27-35(25-26-36(32)37)41-38-19-11-9-13-30(38)23-24-31-14-10-12-20-39(31)41/h3-22,25-27H,23-24,28H2,1-2H3. The molecule has 0 bridgehead atoms. The maximum absolute atomic E-state index is 2.50. The van der Waals surface area contributed by atoms with Gasteiger partial charge in [0.15, 0.2) is 0 Å². The third-order valence-corrected chi connectivity index (χ3v) is 8.80. The minimum Gasteiger partial charge on any atom is -0.310 e. The molecule has 200 valence electrons. The van der Waals surface area contributed by atoms with Crippen LogP contribution in [0.1, 0.15) is 53.6 Å². The molecule has 5 aromatic carbocycles. The van der Waals surface area contributed by atoms with Gasteiger partial charge >= 0.3 is 0 Å². The first-order valence-electron chi connectivity index (χ1n) is 14.7. The molecule has 0 N–H and O–H groups in total. The molecule has 0 fully saturated rings. The third-order valence-electron chi connectivity index (χ3n) is 8.80. The molecular formula is C40H35N. The maximum atomic E-state index is 2.50. The van der Waals surface area contributed by atoms with Crippen LogP contribution in [0, 0.1) is 0 Å². The lowest BCUT2D eigenvalue weighted by Gasteiger charge is -2.33. The van der Waals surface area contributed by atoms with Gasteiger partial charge in [-0.3, -0.25) is 0 Å². The maximum Gasteiger partial charge on any atom is 0.0498 e. The number of rotatable bonds is 4. The predicted molar refractivity (Wildman–Crippen MR) is 173 cm³/mol. The van der Waals surface area contributed by atoms with E-state index in [2.05, 4.69) is 158 Å². The summed E-state index contributed by atoms with van der Waals surface area (Å²) in [6.45, 7) is 4.35. The van der Waals surface area contributed by atoms with Gasteiger partial charge in [0.1, 0.15) is 0 Å². The van der Waals surface area contributed by atoms with E-state index in [0.717, 1.165) is 19.3 Å². The van der Waals surface area contributed by atoms with E-state index in [1.54, 1.807) is 0 Å². The fourth-order valence-corrected chi connectivity index (χ4v) is 6.88. The number of hydrogen-bond donors (Lipinski definition) is 0. The predicted octanol–water partition coefficient (Wildman–Crippen LogP) is 10.3. The van der Waals surface area contributed by atoms with E-state index in [0.29, 0.717) is 0 Å². The Morgan fingerprint density at radius 1 is 0.634 bits per heavy atom. The van der Waals surface area contributed by atoms with Gasteiger partial charge in [0.2, 0.25) is 0 Å². The number of para-hydroxylation sites is 2. The highest BCUT2D eigenvalue weighted by Gasteiger charge is 2.44. The Morgan fingerprint density at radius 2 is 1.17 bits per heavy atom. The zero-order valence-electron chi connectivity index (χ0n) is 23.8. The lowest BCUT2D eigenvalue weighted by molar-refractivity contribution is 0.662. The summed E-state index contributed by atoms with van der Waals surface area (Å²) in [6.07, 6.45) is 7.62. The van der Waals surface area contributed by atoms with Gasteiger partial charge in [-0.2, -0.15) is 0 Å². The molecule has 1 heteroatoms. The molecule has 0 saturated heterocycles. The molecule has 1 aliphatic carbocycles. The molecule has 0 saturated carbocycles. The number of hydrogen-bond acceptors (Lipinski definition) is 1. The van der Waals surface area contributed by atoms with Crippen LogP contribution >= 0.6 is 0 Å². The van der Waals surface area contributed by atoms with Crippen LogP contribution in [0.4, 0.5) is 17.1 Å². The van der Waals surface area contributed by atoms with Crippen LogP contribution in [0.25, 0.3) is 5.57 Å². The zero-order valence-corrected chi connectivity index (χ0v) is 23.8. The fourth-order valence-electron chi connectivity index (χ4n) is 6.88. The normalized spacial score (nSPS) is 16.0. The summed E-state index contributed by atoms with van der Waals surface area (Å²) in [4.78, 5) is 2.50. The lowest BCUT2D eigenvalue weighted by Crippen LogP contribution is -2.26. The molecule has 0 spiro atoms. The van der Waals surface area contributed by atoms with E-state index >= 15 is 0 Å². The van der Waals surface area contributed by atoms with Crippen LogP contribution in [0.5, 0.6) is 0 Å². The largest absolute Gasteiger partial charge is 0.310 e. The molecule has 2 aliphatic rings. The number of anilines is 3. The first-order valence-corrected chi connectivity index (χ1v) is 14.7. The number of fused-ring (bicyclic) bond motifs is 3. The van der Waals surface area contributed by atoms with Crippen molar-refractivity contribution in [3.05, 3.63) is 178 Å². The van der Waals surface area contributed by atoms with E-state index in [1.165, 1.54) is 61.6 Å².